The van der Waals surface area contributed by atoms with E-state index in [4.69, 9.17) is 9.52 Å². The van der Waals surface area contributed by atoms with Gasteiger partial charge in [-0.1, -0.05) is 6.92 Å². The number of carboxylic acid groups (broad SMARTS) is 1. The molecular formula is C10H14O3. The van der Waals surface area contributed by atoms with Crippen LogP contribution < -0.4 is 0 Å². The average molecular weight is 182 g/mol. The van der Waals surface area contributed by atoms with Gasteiger partial charge in [-0.3, -0.25) is 4.79 Å². The summed E-state index contributed by atoms with van der Waals surface area (Å²) in [5, 5.41) is 8.80. The number of aryl methyl sites for hydroxylation is 1. The molecule has 0 saturated carbocycles. The molecule has 0 aliphatic rings. The largest absolute Gasteiger partial charge is 0.481 e. The molecule has 0 unspecified atom stereocenters. The minimum absolute atomic E-state index is 0.328. The standard InChI is InChI=1S/C10H14O3/c1-3-8(10(11)12)6-9-5-4-7(2)13-9/h4-5,8H,3,6H2,1-2H3,(H,11,12)/t8-/m1/s1. The topological polar surface area (TPSA) is 50.4 Å². The van der Waals surface area contributed by atoms with Crippen molar-refractivity contribution in [2.24, 2.45) is 5.92 Å². The predicted octanol–water partition coefficient (Wildman–Crippen LogP) is 2.24. The first-order valence-electron chi connectivity index (χ1n) is 4.41. The summed E-state index contributed by atoms with van der Waals surface area (Å²) >= 11 is 0. The van der Waals surface area contributed by atoms with E-state index in [0.717, 1.165) is 11.5 Å². The van der Waals surface area contributed by atoms with Crippen LogP contribution in [0.1, 0.15) is 24.9 Å². The molecule has 1 aromatic rings. The first-order valence-corrected chi connectivity index (χ1v) is 4.41. The quantitative estimate of drug-likeness (QED) is 0.776. The summed E-state index contributed by atoms with van der Waals surface area (Å²) in [4.78, 5) is 10.7. The molecule has 0 saturated heterocycles. The van der Waals surface area contributed by atoms with Gasteiger partial charge in [0.1, 0.15) is 11.5 Å². The lowest BCUT2D eigenvalue weighted by Gasteiger charge is -2.06. The third kappa shape index (κ3) is 2.61. The Hall–Kier alpha value is -1.25. The zero-order chi connectivity index (χ0) is 9.84. The number of rotatable bonds is 4. The number of hydrogen-bond acceptors (Lipinski definition) is 2. The van der Waals surface area contributed by atoms with Gasteiger partial charge < -0.3 is 9.52 Å². The highest BCUT2D eigenvalue weighted by molar-refractivity contribution is 5.70. The van der Waals surface area contributed by atoms with Crippen molar-refractivity contribution >= 4 is 5.97 Å². The van der Waals surface area contributed by atoms with Gasteiger partial charge in [0.2, 0.25) is 0 Å². The van der Waals surface area contributed by atoms with E-state index in [0.29, 0.717) is 12.8 Å². The van der Waals surface area contributed by atoms with E-state index in [-0.39, 0.29) is 5.92 Å². The summed E-state index contributed by atoms with van der Waals surface area (Å²) < 4.78 is 5.30. The molecule has 1 atom stereocenters. The fourth-order valence-electron chi connectivity index (χ4n) is 1.24. The van der Waals surface area contributed by atoms with Gasteiger partial charge in [-0.25, -0.2) is 0 Å². The van der Waals surface area contributed by atoms with E-state index < -0.39 is 5.97 Å². The second kappa shape index (κ2) is 4.12. The van der Waals surface area contributed by atoms with Crippen LogP contribution in [0.5, 0.6) is 0 Å². The van der Waals surface area contributed by atoms with E-state index in [1.807, 2.05) is 26.0 Å². The number of aliphatic carboxylic acids is 1. The molecule has 3 heteroatoms. The summed E-state index contributed by atoms with van der Waals surface area (Å²) in [6, 6.07) is 3.69. The van der Waals surface area contributed by atoms with Gasteiger partial charge in [-0.05, 0) is 25.5 Å². The zero-order valence-electron chi connectivity index (χ0n) is 7.91. The normalized spacial score (nSPS) is 12.8. The van der Waals surface area contributed by atoms with Gasteiger partial charge in [0, 0.05) is 6.42 Å². The monoisotopic (exact) mass is 182 g/mol. The Morgan fingerprint density at radius 3 is 2.69 bits per heavy atom. The zero-order valence-corrected chi connectivity index (χ0v) is 7.91. The maximum absolute atomic E-state index is 10.7. The third-order valence-corrected chi connectivity index (χ3v) is 2.09. The lowest BCUT2D eigenvalue weighted by Crippen LogP contribution is -2.14. The van der Waals surface area contributed by atoms with Crippen LogP contribution >= 0.6 is 0 Å². The summed E-state index contributed by atoms with van der Waals surface area (Å²) in [5.74, 6) is 0.504. The molecule has 1 rings (SSSR count). The van der Waals surface area contributed by atoms with Crippen LogP contribution in [-0.2, 0) is 11.2 Å². The number of furan rings is 1. The van der Waals surface area contributed by atoms with Crippen molar-refractivity contribution < 1.29 is 14.3 Å². The van der Waals surface area contributed by atoms with Gasteiger partial charge in [0.25, 0.3) is 0 Å². The van der Waals surface area contributed by atoms with Crippen LogP contribution in [0.4, 0.5) is 0 Å². The fraction of sp³-hybridized carbons (Fsp3) is 0.500. The number of carbonyl (C=O) groups is 1. The summed E-state index contributed by atoms with van der Waals surface area (Å²) in [7, 11) is 0. The first-order chi connectivity index (χ1) is 6.13. The lowest BCUT2D eigenvalue weighted by atomic mass is 10.0. The Kier molecular flexibility index (Phi) is 3.12. The maximum atomic E-state index is 10.7. The van der Waals surface area contributed by atoms with E-state index in [9.17, 15) is 4.79 Å². The third-order valence-electron chi connectivity index (χ3n) is 2.09. The fourth-order valence-corrected chi connectivity index (χ4v) is 1.24. The molecule has 1 N–H and O–H groups in total. The van der Waals surface area contributed by atoms with Gasteiger partial charge >= 0.3 is 5.97 Å². The van der Waals surface area contributed by atoms with Crippen LogP contribution in [0, 0.1) is 12.8 Å². The van der Waals surface area contributed by atoms with Gasteiger partial charge in [-0.2, -0.15) is 0 Å². The molecule has 1 aromatic heterocycles. The van der Waals surface area contributed by atoms with Crippen LogP contribution in [0.25, 0.3) is 0 Å². The molecule has 0 fully saturated rings. The molecule has 0 spiro atoms. The lowest BCUT2D eigenvalue weighted by molar-refractivity contribution is -0.141. The van der Waals surface area contributed by atoms with Crippen molar-refractivity contribution in [1.29, 1.82) is 0 Å². The molecule has 3 nitrogen and oxygen atoms in total. The van der Waals surface area contributed by atoms with E-state index in [1.54, 1.807) is 0 Å². The van der Waals surface area contributed by atoms with Crippen LogP contribution in [-0.4, -0.2) is 11.1 Å². The minimum Gasteiger partial charge on any atom is -0.481 e. The summed E-state index contributed by atoms with van der Waals surface area (Å²) in [5.41, 5.74) is 0. The highest BCUT2D eigenvalue weighted by Gasteiger charge is 2.16. The van der Waals surface area contributed by atoms with Crippen LogP contribution in [0.15, 0.2) is 16.5 Å². The van der Waals surface area contributed by atoms with Crippen LogP contribution in [0.3, 0.4) is 0 Å². The van der Waals surface area contributed by atoms with Gasteiger partial charge in [0.15, 0.2) is 0 Å². The summed E-state index contributed by atoms with van der Waals surface area (Å²) in [6.07, 6.45) is 1.12. The molecule has 0 aromatic carbocycles. The molecule has 0 bridgehead atoms. The number of hydrogen-bond donors (Lipinski definition) is 1. The Morgan fingerprint density at radius 2 is 2.31 bits per heavy atom. The average Bonchev–Trinajstić information content (AvgIpc) is 2.46. The van der Waals surface area contributed by atoms with Gasteiger partial charge in [-0.15, -0.1) is 0 Å². The van der Waals surface area contributed by atoms with E-state index >= 15 is 0 Å². The second-order valence-electron chi connectivity index (χ2n) is 3.16. The van der Waals surface area contributed by atoms with E-state index in [2.05, 4.69) is 0 Å². The molecule has 0 aliphatic carbocycles. The Morgan fingerprint density at radius 1 is 1.62 bits per heavy atom. The van der Waals surface area contributed by atoms with Crippen molar-refractivity contribution in [3.63, 3.8) is 0 Å². The molecule has 72 valence electrons. The Labute approximate surface area is 77.4 Å². The SMILES string of the molecule is CC[C@H](Cc1ccc(C)o1)C(=O)O. The molecule has 13 heavy (non-hydrogen) atoms. The van der Waals surface area contributed by atoms with Gasteiger partial charge in [0.05, 0.1) is 5.92 Å². The predicted molar refractivity (Wildman–Crippen MR) is 48.6 cm³/mol. The van der Waals surface area contributed by atoms with Crippen molar-refractivity contribution in [2.75, 3.05) is 0 Å². The number of carboxylic acids is 1. The van der Waals surface area contributed by atoms with Crippen LogP contribution in [0.2, 0.25) is 0 Å². The minimum atomic E-state index is -0.753. The molecular weight excluding hydrogens is 168 g/mol. The summed E-state index contributed by atoms with van der Waals surface area (Å²) in [6.45, 7) is 3.72. The Bertz CT molecular complexity index is 288. The van der Waals surface area contributed by atoms with E-state index in [1.165, 1.54) is 0 Å². The molecule has 0 radical (unpaired) electrons. The van der Waals surface area contributed by atoms with Crippen molar-refractivity contribution in [3.8, 4) is 0 Å². The maximum Gasteiger partial charge on any atom is 0.306 e. The van der Waals surface area contributed by atoms with Crippen molar-refractivity contribution in [1.82, 2.24) is 0 Å². The van der Waals surface area contributed by atoms with Crippen molar-refractivity contribution in [3.05, 3.63) is 23.7 Å². The highest BCUT2D eigenvalue weighted by Crippen LogP contribution is 2.14. The van der Waals surface area contributed by atoms with Crippen molar-refractivity contribution in [2.45, 2.75) is 26.7 Å². The molecule has 0 amide bonds. The highest BCUT2D eigenvalue weighted by atomic mass is 16.4. The molecule has 1 heterocycles. The Balaban J connectivity index is 2.61. The second-order valence-corrected chi connectivity index (χ2v) is 3.16. The molecule has 0 aliphatic heterocycles. The first kappa shape index (κ1) is 9.84. The smallest absolute Gasteiger partial charge is 0.306 e.